The van der Waals surface area contributed by atoms with Gasteiger partial charge in [-0.2, -0.15) is 0 Å². The lowest BCUT2D eigenvalue weighted by Crippen LogP contribution is -2.29. The average molecular weight is 521 g/mol. The second-order valence-electron chi connectivity index (χ2n) is 8.56. The molecule has 1 fully saturated rings. The van der Waals surface area contributed by atoms with Gasteiger partial charge in [-0.1, -0.05) is 79.8 Å². The van der Waals surface area contributed by atoms with Crippen molar-refractivity contribution in [2.45, 2.75) is 46.5 Å². The van der Waals surface area contributed by atoms with Crippen LogP contribution in [0.5, 0.6) is 0 Å². The number of hydrogen-bond donors (Lipinski definition) is 1. The lowest BCUT2D eigenvalue weighted by Gasteiger charge is -2.14. The fourth-order valence-electron chi connectivity index (χ4n) is 3.92. The number of nitrogens with zero attached hydrogens (tertiary/aromatic N) is 3. The van der Waals surface area contributed by atoms with Gasteiger partial charge in [0.1, 0.15) is 4.32 Å². The third kappa shape index (κ3) is 5.91. The Bertz CT molecular complexity index is 1310. The minimum Gasteiger partial charge on any atom is -0.306 e. The molecule has 1 aliphatic heterocycles. The van der Waals surface area contributed by atoms with Crippen LogP contribution in [0.2, 0.25) is 0 Å². The molecule has 7 nitrogen and oxygen atoms in total. The number of benzene rings is 2. The predicted molar refractivity (Wildman–Crippen MR) is 147 cm³/mol. The van der Waals surface area contributed by atoms with E-state index in [1.807, 2.05) is 37.3 Å². The molecule has 0 unspecified atom stereocenters. The number of thioether (sulfide) groups is 1. The fourth-order valence-corrected chi connectivity index (χ4v) is 5.23. The van der Waals surface area contributed by atoms with Gasteiger partial charge >= 0.3 is 0 Å². The van der Waals surface area contributed by atoms with Crippen molar-refractivity contribution in [2.24, 2.45) is 0 Å². The minimum absolute atomic E-state index is 0.128. The Balaban J connectivity index is 1.36. The Morgan fingerprint density at radius 2 is 1.92 bits per heavy atom. The maximum absolute atomic E-state index is 12.9. The van der Waals surface area contributed by atoms with Gasteiger partial charge in [-0.05, 0) is 65.3 Å². The predicted octanol–water partition coefficient (Wildman–Crippen LogP) is 5.79. The highest BCUT2D eigenvalue weighted by atomic mass is 32.2. The Labute approximate surface area is 220 Å². The average Bonchev–Trinajstić information content (AvgIpc) is 3.44. The molecule has 0 aliphatic carbocycles. The molecule has 1 N–H and O–H groups in total. The van der Waals surface area contributed by atoms with Crippen LogP contribution >= 0.6 is 24.0 Å². The second-order valence-corrected chi connectivity index (χ2v) is 10.2. The van der Waals surface area contributed by atoms with Gasteiger partial charge in [0.15, 0.2) is 5.69 Å². The molecule has 0 spiro atoms. The van der Waals surface area contributed by atoms with E-state index in [1.165, 1.54) is 17.3 Å². The van der Waals surface area contributed by atoms with Crippen molar-refractivity contribution in [1.29, 1.82) is 0 Å². The highest BCUT2D eigenvalue weighted by Crippen LogP contribution is 2.33. The van der Waals surface area contributed by atoms with Crippen LogP contribution in [0.1, 0.15) is 48.9 Å². The zero-order valence-corrected chi connectivity index (χ0v) is 22.2. The van der Waals surface area contributed by atoms with Gasteiger partial charge in [0, 0.05) is 18.5 Å². The van der Waals surface area contributed by atoms with E-state index in [-0.39, 0.29) is 18.2 Å². The Morgan fingerprint density at radius 1 is 1.14 bits per heavy atom. The molecule has 1 aliphatic rings. The first-order valence-electron chi connectivity index (χ1n) is 12.0. The molecule has 1 aromatic heterocycles. The summed E-state index contributed by atoms with van der Waals surface area (Å²) in [5.41, 5.74) is 5.81. The monoisotopic (exact) mass is 520 g/mol. The number of hydrogen-bond acceptors (Lipinski definition) is 7. The molecule has 186 valence electrons. The summed E-state index contributed by atoms with van der Waals surface area (Å²) in [4.78, 5) is 27.7. The summed E-state index contributed by atoms with van der Waals surface area (Å²) in [5, 5.41) is 10.8. The molecule has 0 radical (unpaired) electrons. The van der Waals surface area contributed by atoms with Crippen LogP contribution in [0.25, 0.3) is 17.3 Å². The minimum atomic E-state index is -0.225. The molecule has 0 bridgehead atoms. The van der Waals surface area contributed by atoms with E-state index in [4.69, 9.17) is 16.8 Å². The third-order valence-corrected chi connectivity index (χ3v) is 7.38. The van der Waals surface area contributed by atoms with E-state index in [0.717, 1.165) is 35.1 Å². The summed E-state index contributed by atoms with van der Waals surface area (Å²) in [6.45, 7) is 6.54. The quantitative estimate of drug-likeness (QED) is 0.282. The van der Waals surface area contributed by atoms with Crippen molar-refractivity contribution in [3.05, 3.63) is 69.6 Å². The fraction of sp³-hybridized carbons (Fsp3) is 0.296. The van der Waals surface area contributed by atoms with Crippen molar-refractivity contribution in [3.8, 4) is 11.3 Å². The molecule has 2 amide bonds. The van der Waals surface area contributed by atoms with Crippen LogP contribution in [0, 0.1) is 6.92 Å². The molecule has 0 saturated carbocycles. The van der Waals surface area contributed by atoms with E-state index >= 15 is 0 Å². The molecule has 2 heterocycles. The summed E-state index contributed by atoms with van der Waals surface area (Å²) < 4.78 is 5.47. The number of aromatic nitrogens is 2. The van der Waals surface area contributed by atoms with Crippen LogP contribution in [0.4, 0.5) is 5.82 Å². The second kappa shape index (κ2) is 11.6. The molecule has 4 rings (SSSR count). The number of carbonyl (C=O) groups is 2. The Hall–Kier alpha value is -3.30. The summed E-state index contributed by atoms with van der Waals surface area (Å²) in [5.74, 6) is -0.0521. The summed E-state index contributed by atoms with van der Waals surface area (Å²) in [6, 6.07) is 14.2. The zero-order chi connectivity index (χ0) is 25.7. The van der Waals surface area contributed by atoms with Crippen molar-refractivity contribution < 1.29 is 14.2 Å². The van der Waals surface area contributed by atoms with Gasteiger partial charge in [-0.25, -0.2) is 4.63 Å². The van der Waals surface area contributed by atoms with E-state index in [0.29, 0.717) is 33.7 Å². The van der Waals surface area contributed by atoms with Crippen molar-refractivity contribution in [3.63, 3.8) is 0 Å². The largest absolute Gasteiger partial charge is 0.306 e. The smallest absolute Gasteiger partial charge is 0.266 e. The van der Waals surface area contributed by atoms with E-state index < -0.39 is 0 Å². The SMILES string of the molecule is CCc1ccc(CC)c(-c2nonc2NC(=O)CCCN2C(=O)/C(=C/c3ccc(C)cc3)SC2=S)c1. The lowest BCUT2D eigenvalue weighted by atomic mass is 9.98. The van der Waals surface area contributed by atoms with Gasteiger partial charge in [-0.3, -0.25) is 14.5 Å². The van der Waals surface area contributed by atoms with Crippen LogP contribution in [-0.2, 0) is 22.4 Å². The Morgan fingerprint density at radius 3 is 2.64 bits per heavy atom. The summed E-state index contributed by atoms with van der Waals surface area (Å²) >= 11 is 6.70. The molecule has 2 aromatic carbocycles. The standard InChI is InChI=1S/C27H28N4O3S2/c1-4-18-12-13-20(5-2)21(15-18)24-25(30-34-29-24)28-23(32)7-6-14-31-26(33)22(36-27(31)35)16-19-10-8-17(3)9-11-19/h8-13,15-16H,4-7,14H2,1-3H3,(H,28,30,32)/b22-16-. The number of nitrogens with one attached hydrogen (secondary N) is 1. The zero-order valence-electron chi connectivity index (χ0n) is 20.5. The van der Waals surface area contributed by atoms with Crippen LogP contribution in [0.15, 0.2) is 52.0 Å². The molecular weight excluding hydrogens is 492 g/mol. The van der Waals surface area contributed by atoms with Gasteiger partial charge in [-0.15, -0.1) is 0 Å². The van der Waals surface area contributed by atoms with Crippen molar-refractivity contribution in [2.75, 3.05) is 11.9 Å². The highest BCUT2D eigenvalue weighted by molar-refractivity contribution is 8.26. The molecule has 0 atom stereocenters. The number of aryl methyl sites for hydroxylation is 3. The molecule has 9 heteroatoms. The first-order chi connectivity index (χ1) is 17.4. The lowest BCUT2D eigenvalue weighted by molar-refractivity contribution is -0.122. The van der Waals surface area contributed by atoms with Gasteiger partial charge in [0.2, 0.25) is 11.7 Å². The normalized spacial score (nSPS) is 14.6. The number of rotatable bonds is 9. The van der Waals surface area contributed by atoms with Crippen LogP contribution in [-0.4, -0.2) is 37.9 Å². The van der Waals surface area contributed by atoms with Gasteiger partial charge in [0.05, 0.1) is 4.91 Å². The van der Waals surface area contributed by atoms with E-state index in [2.05, 4.69) is 47.7 Å². The van der Waals surface area contributed by atoms with Gasteiger partial charge in [0.25, 0.3) is 5.91 Å². The number of carbonyl (C=O) groups excluding carboxylic acids is 2. The van der Waals surface area contributed by atoms with Crippen molar-refractivity contribution >= 4 is 52.0 Å². The first kappa shape index (κ1) is 25.8. The number of thiocarbonyl (C=S) groups is 1. The highest BCUT2D eigenvalue weighted by Gasteiger charge is 2.31. The van der Waals surface area contributed by atoms with Crippen LogP contribution in [0.3, 0.4) is 0 Å². The molecule has 3 aromatic rings. The van der Waals surface area contributed by atoms with Crippen LogP contribution < -0.4 is 5.32 Å². The maximum Gasteiger partial charge on any atom is 0.266 e. The third-order valence-electron chi connectivity index (χ3n) is 6.00. The van der Waals surface area contributed by atoms with E-state index in [1.54, 1.807) is 4.90 Å². The number of anilines is 1. The summed E-state index contributed by atoms with van der Waals surface area (Å²) in [7, 11) is 0. The maximum atomic E-state index is 12.9. The van der Waals surface area contributed by atoms with Gasteiger partial charge < -0.3 is 5.32 Å². The molecule has 1 saturated heterocycles. The molecule has 36 heavy (non-hydrogen) atoms. The van der Waals surface area contributed by atoms with Crippen molar-refractivity contribution in [1.82, 2.24) is 15.2 Å². The first-order valence-corrected chi connectivity index (χ1v) is 13.2. The topological polar surface area (TPSA) is 88.3 Å². The Kier molecular flexibility index (Phi) is 8.32. The molecular formula is C27H28N4O3S2. The van der Waals surface area contributed by atoms with E-state index in [9.17, 15) is 9.59 Å². The summed E-state index contributed by atoms with van der Waals surface area (Å²) in [6.07, 6.45) is 4.23. The number of amides is 2.